The van der Waals surface area contributed by atoms with Gasteiger partial charge in [-0.2, -0.15) is 0 Å². The van der Waals surface area contributed by atoms with Gasteiger partial charge in [-0.05, 0) is 29.8 Å². The molecule has 0 radical (unpaired) electrons. The number of aromatic nitrogens is 1. The predicted molar refractivity (Wildman–Crippen MR) is 80.4 cm³/mol. The van der Waals surface area contributed by atoms with E-state index in [2.05, 4.69) is 4.98 Å². The first-order valence-electron chi connectivity index (χ1n) is 6.28. The average Bonchev–Trinajstić information content (AvgIpc) is 2.47. The van der Waals surface area contributed by atoms with Gasteiger partial charge in [-0.1, -0.05) is 18.3 Å². The van der Waals surface area contributed by atoms with Crippen molar-refractivity contribution >= 4 is 18.1 Å². The third kappa shape index (κ3) is 3.46. The molecule has 6 heteroatoms. The number of nitrogens with one attached hydrogen (secondary N) is 1. The molecule has 0 saturated carbocycles. The normalized spacial score (nSPS) is 10.2. The Morgan fingerprint density at radius 3 is 2.81 bits per heavy atom. The molecular weight excluding hydrogens is 291 g/mol. The smallest absolute Gasteiger partial charge is 0.256 e. The molecule has 0 spiro atoms. The van der Waals surface area contributed by atoms with Crippen LogP contribution in [0, 0.1) is 10.5 Å². The molecule has 1 N–H and O–H groups in total. The van der Waals surface area contributed by atoms with Gasteiger partial charge in [0.25, 0.3) is 5.91 Å². The molecule has 4 nitrogen and oxygen atoms in total. The Morgan fingerprint density at radius 1 is 1.43 bits per heavy atom. The van der Waals surface area contributed by atoms with Crippen LogP contribution >= 0.6 is 12.2 Å². The van der Waals surface area contributed by atoms with Crippen LogP contribution in [0.15, 0.2) is 36.5 Å². The predicted octanol–water partition coefficient (Wildman–Crippen LogP) is 3.16. The molecule has 0 aliphatic rings. The number of carbonyl (C=O) groups is 1. The van der Waals surface area contributed by atoms with Gasteiger partial charge in [-0.3, -0.25) is 4.79 Å². The topological polar surface area (TPSA) is 45.3 Å². The van der Waals surface area contributed by atoms with Crippen LogP contribution in [0.5, 0.6) is 5.75 Å². The number of benzene rings is 1. The van der Waals surface area contributed by atoms with Gasteiger partial charge in [-0.25, -0.2) is 4.39 Å². The lowest BCUT2D eigenvalue weighted by Gasteiger charge is -2.17. The summed E-state index contributed by atoms with van der Waals surface area (Å²) in [4.78, 5) is 16.6. The molecule has 2 rings (SSSR count). The number of hydrogen-bond donors (Lipinski definition) is 1. The third-order valence-corrected chi connectivity index (χ3v) is 3.37. The second-order valence-corrected chi connectivity index (χ2v) is 4.95. The van der Waals surface area contributed by atoms with Crippen molar-refractivity contribution in [3.8, 4) is 5.75 Å². The van der Waals surface area contributed by atoms with Gasteiger partial charge in [0.2, 0.25) is 0 Å². The summed E-state index contributed by atoms with van der Waals surface area (Å²) in [7, 11) is 3.05. The van der Waals surface area contributed by atoms with E-state index in [1.54, 1.807) is 31.4 Å². The fourth-order valence-electron chi connectivity index (χ4n) is 1.95. The van der Waals surface area contributed by atoms with E-state index in [-0.39, 0.29) is 18.2 Å². The average molecular weight is 306 g/mol. The lowest BCUT2D eigenvalue weighted by atomic mass is 10.2. The minimum atomic E-state index is -0.451. The lowest BCUT2D eigenvalue weighted by molar-refractivity contribution is 0.0784. The van der Waals surface area contributed by atoms with E-state index in [4.69, 9.17) is 17.0 Å². The largest absolute Gasteiger partial charge is 0.494 e. The third-order valence-electron chi connectivity index (χ3n) is 3.03. The second-order valence-electron chi connectivity index (χ2n) is 4.54. The fourth-order valence-corrected chi connectivity index (χ4v) is 2.17. The maximum absolute atomic E-state index is 13.6. The Hall–Kier alpha value is -2.21. The summed E-state index contributed by atoms with van der Waals surface area (Å²) in [6.45, 7) is 0.281. The molecule has 0 aliphatic carbocycles. The number of rotatable bonds is 4. The summed E-state index contributed by atoms with van der Waals surface area (Å²) in [5.41, 5.74) is 1.10. The van der Waals surface area contributed by atoms with Crippen LogP contribution in [0.4, 0.5) is 4.39 Å². The van der Waals surface area contributed by atoms with Crippen molar-refractivity contribution < 1.29 is 13.9 Å². The molecule has 2 aromatic rings. The zero-order valence-electron chi connectivity index (χ0n) is 11.7. The number of nitrogens with zero attached hydrogens (tertiary/aromatic N) is 1. The molecule has 110 valence electrons. The monoisotopic (exact) mass is 306 g/mol. The van der Waals surface area contributed by atoms with E-state index >= 15 is 0 Å². The summed E-state index contributed by atoms with van der Waals surface area (Å²) >= 11 is 5.09. The number of amides is 1. The summed E-state index contributed by atoms with van der Waals surface area (Å²) in [5.74, 6) is -0.487. The molecule has 0 aliphatic heterocycles. The van der Waals surface area contributed by atoms with E-state index in [1.807, 2.05) is 0 Å². The molecule has 1 aromatic heterocycles. The van der Waals surface area contributed by atoms with Crippen LogP contribution in [-0.4, -0.2) is 29.9 Å². The lowest BCUT2D eigenvalue weighted by Crippen LogP contribution is -2.26. The van der Waals surface area contributed by atoms with Crippen LogP contribution in [0.1, 0.15) is 15.9 Å². The van der Waals surface area contributed by atoms with E-state index in [0.29, 0.717) is 15.8 Å². The molecular formula is C15H15FN2O2S. The molecule has 0 atom stereocenters. The first kappa shape index (κ1) is 15.2. The molecule has 0 unspecified atom stereocenters. The van der Waals surface area contributed by atoms with Crippen molar-refractivity contribution in [2.24, 2.45) is 0 Å². The molecule has 1 amide bonds. The van der Waals surface area contributed by atoms with Crippen molar-refractivity contribution in [3.05, 3.63) is 58.1 Å². The summed E-state index contributed by atoms with van der Waals surface area (Å²) in [5, 5.41) is 0. The van der Waals surface area contributed by atoms with Crippen molar-refractivity contribution in [1.82, 2.24) is 9.88 Å². The highest BCUT2D eigenvalue weighted by Gasteiger charge is 2.14. The number of methoxy groups -OCH3 is 1. The van der Waals surface area contributed by atoms with Crippen molar-refractivity contribution in [2.75, 3.05) is 14.2 Å². The number of carbonyl (C=O) groups excluding carboxylic acids is 1. The Bertz CT molecular complexity index is 715. The van der Waals surface area contributed by atoms with E-state index in [1.165, 1.54) is 24.1 Å². The fraction of sp³-hybridized carbons (Fsp3) is 0.200. The van der Waals surface area contributed by atoms with Gasteiger partial charge < -0.3 is 14.6 Å². The number of hydrogen-bond acceptors (Lipinski definition) is 3. The van der Waals surface area contributed by atoms with Crippen molar-refractivity contribution in [3.63, 3.8) is 0 Å². The van der Waals surface area contributed by atoms with Gasteiger partial charge in [0.1, 0.15) is 4.64 Å². The highest BCUT2D eigenvalue weighted by atomic mass is 32.1. The van der Waals surface area contributed by atoms with Gasteiger partial charge in [0.15, 0.2) is 11.6 Å². The van der Waals surface area contributed by atoms with Crippen LogP contribution in [0.2, 0.25) is 0 Å². The van der Waals surface area contributed by atoms with Crippen LogP contribution in [-0.2, 0) is 6.54 Å². The van der Waals surface area contributed by atoms with Crippen LogP contribution < -0.4 is 4.74 Å². The molecule has 0 saturated heterocycles. The Morgan fingerprint density at radius 2 is 2.19 bits per heavy atom. The quantitative estimate of drug-likeness (QED) is 0.883. The summed E-state index contributed by atoms with van der Waals surface area (Å²) in [6.07, 6.45) is 1.66. The van der Waals surface area contributed by atoms with E-state index in [0.717, 1.165) is 0 Å². The summed E-state index contributed by atoms with van der Waals surface area (Å²) in [6, 6.07) is 7.99. The zero-order valence-corrected chi connectivity index (χ0v) is 12.5. The van der Waals surface area contributed by atoms with Gasteiger partial charge >= 0.3 is 0 Å². The Labute approximate surface area is 127 Å². The number of halogens is 1. The van der Waals surface area contributed by atoms with Crippen LogP contribution in [0.3, 0.4) is 0 Å². The maximum atomic E-state index is 13.6. The standard InChI is InChI=1S/C15H15FN2O2S/c1-18(15(19)11-4-3-7-17-14(11)21)9-10-5-6-13(20-2)12(16)8-10/h3-8H,9H2,1-2H3,(H,17,21). The van der Waals surface area contributed by atoms with E-state index in [9.17, 15) is 9.18 Å². The Balaban J connectivity index is 2.16. The van der Waals surface area contributed by atoms with E-state index < -0.39 is 5.82 Å². The van der Waals surface area contributed by atoms with Gasteiger partial charge in [0.05, 0.1) is 12.7 Å². The molecule has 0 fully saturated rings. The molecule has 1 aromatic carbocycles. The highest BCUT2D eigenvalue weighted by molar-refractivity contribution is 7.71. The van der Waals surface area contributed by atoms with Crippen LogP contribution in [0.25, 0.3) is 0 Å². The summed E-state index contributed by atoms with van der Waals surface area (Å²) < 4.78 is 18.9. The number of aromatic amines is 1. The molecule has 0 bridgehead atoms. The first-order valence-corrected chi connectivity index (χ1v) is 6.69. The first-order chi connectivity index (χ1) is 10.0. The highest BCUT2D eigenvalue weighted by Crippen LogP contribution is 2.19. The second kappa shape index (κ2) is 6.49. The minimum absolute atomic E-state index is 0.179. The number of pyridine rings is 1. The minimum Gasteiger partial charge on any atom is -0.494 e. The maximum Gasteiger partial charge on any atom is 0.256 e. The van der Waals surface area contributed by atoms with Gasteiger partial charge in [-0.15, -0.1) is 0 Å². The number of ether oxygens (including phenoxy) is 1. The van der Waals surface area contributed by atoms with Gasteiger partial charge in [0, 0.05) is 19.8 Å². The Kier molecular flexibility index (Phi) is 4.70. The SMILES string of the molecule is COc1ccc(CN(C)C(=O)c2ccc[nH]c2=S)cc1F. The molecule has 21 heavy (non-hydrogen) atoms. The zero-order chi connectivity index (χ0) is 15.4. The van der Waals surface area contributed by atoms with Crippen molar-refractivity contribution in [1.29, 1.82) is 0 Å². The van der Waals surface area contributed by atoms with Crippen molar-refractivity contribution in [2.45, 2.75) is 6.54 Å². The molecule has 1 heterocycles. The number of H-pyrrole nitrogens is 1.